The summed E-state index contributed by atoms with van der Waals surface area (Å²) in [5.74, 6) is 1.43. The number of hydrogen-bond acceptors (Lipinski definition) is 4. The van der Waals surface area contributed by atoms with Crippen LogP contribution in [0.5, 0.6) is 5.75 Å². The van der Waals surface area contributed by atoms with Gasteiger partial charge in [0.05, 0.1) is 24.4 Å². The van der Waals surface area contributed by atoms with E-state index in [0.29, 0.717) is 28.3 Å². The molecule has 0 aromatic heterocycles. The summed E-state index contributed by atoms with van der Waals surface area (Å²) < 4.78 is 35.6. The molecule has 5 rings (SSSR count). The monoisotopic (exact) mass is 678 g/mol. The summed E-state index contributed by atoms with van der Waals surface area (Å²) in [6.45, 7) is 4.55. The van der Waals surface area contributed by atoms with Gasteiger partial charge in [0.1, 0.15) is 10.6 Å². The second kappa shape index (κ2) is 14.9. The minimum atomic E-state index is -4.25. The molecule has 0 saturated heterocycles. The summed E-state index contributed by atoms with van der Waals surface area (Å²) in [4.78, 5) is 13.6. The van der Waals surface area contributed by atoms with Gasteiger partial charge in [-0.15, -0.1) is 0 Å². The molecule has 46 heavy (non-hydrogen) atoms. The van der Waals surface area contributed by atoms with E-state index in [1.807, 2.05) is 54.6 Å². The summed E-state index contributed by atoms with van der Waals surface area (Å²) in [6.07, 6.45) is 3.69. The Morgan fingerprint density at radius 3 is 2.30 bits per heavy atom. The fourth-order valence-electron chi connectivity index (χ4n) is 6.34. The number of halogens is 2. The molecule has 3 atom stereocenters. The van der Waals surface area contributed by atoms with Gasteiger partial charge in [-0.3, -0.25) is 9.10 Å². The number of anilines is 1. The highest BCUT2D eigenvalue weighted by atomic mass is 35.5. The smallest absolute Gasteiger partial charge is 0.266 e. The number of amides is 1. The number of nitrogens with one attached hydrogen (secondary N) is 1. The second-order valence-corrected chi connectivity index (χ2v) is 15.0. The quantitative estimate of drug-likeness (QED) is 0.172. The number of rotatable bonds is 11. The van der Waals surface area contributed by atoms with Crippen LogP contribution >= 0.6 is 23.2 Å². The Bertz CT molecular complexity index is 1750. The van der Waals surface area contributed by atoms with Crippen LogP contribution < -0.4 is 14.4 Å². The van der Waals surface area contributed by atoms with Gasteiger partial charge < -0.3 is 10.1 Å². The number of sulfonamides is 1. The van der Waals surface area contributed by atoms with E-state index in [0.717, 1.165) is 31.2 Å². The van der Waals surface area contributed by atoms with Crippen molar-refractivity contribution in [2.24, 2.45) is 17.8 Å². The maximum Gasteiger partial charge on any atom is 0.266 e. The van der Waals surface area contributed by atoms with Gasteiger partial charge in [0, 0.05) is 16.6 Å². The number of carbonyl (C=O) groups is 1. The number of benzene rings is 4. The zero-order chi connectivity index (χ0) is 32.8. The average molecular weight is 680 g/mol. The van der Waals surface area contributed by atoms with Crippen molar-refractivity contribution in [3.8, 4) is 5.75 Å². The predicted molar refractivity (Wildman–Crippen MR) is 186 cm³/mol. The van der Waals surface area contributed by atoms with Crippen LogP contribution in [0.25, 0.3) is 0 Å². The second-order valence-electron chi connectivity index (χ2n) is 12.3. The predicted octanol–water partition coefficient (Wildman–Crippen LogP) is 8.81. The van der Waals surface area contributed by atoms with Gasteiger partial charge in [0.2, 0.25) is 0 Å². The molecular formula is C37H40Cl2N2O4S. The molecule has 1 saturated carbocycles. The standard InChI is InChI=1S/C37H40Cl2N2O4S/c1-25(2)28-16-20-33(30(22-28)21-26-13-17-31(38)18-14-26)40-37(42)29-15-19-32(39)36(23-29)46(43,44)41(24-27-9-5-4-6-10-27)34-11-7-8-12-35(34)45-3/h4-15,17-19,23,25,28,30,33H,16,20-22,24H2,1-3H3,(H,40,42). The van der Waals surface area contributed by atoms with E-state index in [1.165, 1.54) is 29.1 Å². The topological polar surface area (TPSA) is 75.7 Å². The molecule has 0 spiro atoms. The molecule has 1 fully saturated rings. The van der Waals surface area contributed by atoms with Crippen LogP contribution in [-0.2, 0) is 23.0 Å². The first kappa shape index (κ1) is 33.8. The van der Waals surface area contributed by atoms with Crippen molar-refractivity contribution in [3.63, 3.8) is 0 Å². The molecule has 242 valence electrons. The third-order valence-corrected chi connectivity index (χ3v) is 11.5. The molecule has 0 aliphatic heterocycles. The highest BCUT2D eigenvalue weighted by Gasteiger charge is 2.34. The van der Waals surface area contributed by atoms with E-state index >= 15 is 0 Å². The van der Waals surface area contributed by atoms with Crippen molar-refractivity contribution in [3.05, 3.63) is 124 Å². The molecule has 1 aliphatic rings. The molecule has 1 N–H and O–H groups in total. The van der Waals surface area contributed by atoms with E-state index in [4.69, 9.17) is 27.9 Å². The summed E-state index contributed by atoms with van der Waals surface area (Å²) in [5.41, 5.74) is 2.56. The molecule has 1 aliphatic carbocycles. The highest BCUT2D eigenvalue weighted by Crippen LogP contribution is 2.38. The fraction of sp³-hybridized carbons (Fsp3) is 0.324. The molecule has 9 heteroatoms. The summed E-state index contributed by atoms with van der Waals surface area (Å²) in [6, 6.07) is 28.5. The van der Waals surface area contributed by atoms with Crippen molar-refractivity contribution in [2.45, 2.75) is 57.0 Å². The van der Waals surface area contributed by atoms with Crippen molar-refractivity contribution < 1.29 is 17.9 Å². The Balaban J connectivity index is 1.44. The van der Waals surface area contributed by atoms with Crippen LogP contribution in [0, 0.1) is 17.8 Å². The van der Waals surface area contributed by atoms with Crippen LogP contribution in [0.3, 0.4) is 0 Å². The van der Waals surface area contributed by atoms with Crippen LogP contribution in [0.15, 0.2) is 102 Å². The van der Waals surface area contributed by atoms with E-state index in [2.05, 4.69) is 19.2 Å². The maximum absolute atomic E-state index is 14.4. The van der Waals surface area contributed by atoms with E-state index < -0.39 is 10.0 Å². The van der Waals surface area contributed by atoms with Crippen molar-refractivity contribution in [1.29, 1.82) is 0 Å². The van der Waals surface area contributed by atoms with Gasteiger partial charge in [-0.25, -0.2) is 8.42 Å². The minimum absolute atomic E-state index is 0.0302. The summed E-state index contributed by atoms with van der Waals surface area (Å²) in [5, 5.41) is 3.98. The number of para-hydroxylation sites is 2. The van der Waals surface area contributed by atoms with Crippen molar-refractivity contribution >= 4 is 44.8 Å². The van der Waals surface area contributed by atoms with Gasteiger partial charge in [-0.05, 0) is 97.0 Å². The van der Waals surface area contributed by atoms with Gasteiger partial charge in [-0.2, -0.15) is 0 Å². The summed E-state index contributed by atoms with van der Waals surface area (Å²) in [7, 11) is -2.75. The molecule has 4 aromatic rings. The minimum Gasteiger partial charge on any atom is -0.495 e. The van der Waals surface area contributed by atoms with Crippen molar-refractivity contribution in [1.82, 2.24) is 5.32 Å². The Hall–Kier alpha value is -3.52. The van der Waals surface area contributed by atoms with Crippen LogP contribution in [0.1, 0.15) is 54.6 Å². The largest absolute Gasteiger partial charge is 0.495 e. The average Bonchev–Trinajstić information content (AvgIpc) is 3.05. The maximum atomic E-state index is 14.4. The highest BCUT2D eigenvalue weighted by molar-refractivity contribution is 7.93. The Morgan fingerprint density at radius 2 is 1.61 bits per heavy atom. The first-order valence-corrected chi connectivity index (χ1v) is 17.8. The zero-order valence-corrected chi connectivity index (χ0v) is 28.7. The lowest BCUT2D eigenvalue weighted by Crippen LogP contribution is -2.45. The lowest BCUT2D eigenvalue weighted by Gasteiger charge is -2.38. The van der Waals surface area contributed by atoms with Gasteiger partial charge >= 0.3 is 0 Å². The van der Waals surface area contributed by atoms with E-state index in [-0.39, 0.29) is 39.9 Å². The molecule has 0 radical (unpaired) electrons. The molecule has 4 aromatic carbocycles. The Labute approximate surface area is 282 Å². The molecular weight excluding hydrogens is 639 g/mol. The third kappa shape index (κ3) is 7.88. The number of ether oxygens (including phenoxy) is 1. The van der Waals surface area contributed by atoms with Crippen LogP contribution in [0.4, 0.5) is 5.69 Å². The molecule has 0 heterocycles. The normalized spacial score (nSPS) is 18.3. The van der Waals surface area contributed by atoms with E-state index in [1.54, 1.807) is 30.3 Å². The lowest BCUT2D eigenvalue weighted by atomic mass is 9.71. The van der Waals surface area contributed by atoms with Gasteiger partial charge in [0.25, 0.3) is 15.9 Å². The van der Waals surface area contributed by atoms with Crippen LogP contribution in [-0.4, -0.2) is 27.5 Å². The number of carbonyl (C=O) groups excluding carboxylic acids is 1. The fourth-order valence-corrected chi connectivity index (χ4v) is 8.43. The molecule has 6 nitrogen and oxygen atoms in total. The molecule has 1 amide bonds. The Morgan fingerprint density at radius 1 is 0.913 bits per heavy atom. The first-order chi connectivity index (χ1) is 22.1. The third-order valence-electron chi connectivity index (χ3n) is 8.98. The SMILES string of the molecule is COc1ccccc1N(Cc1ccccc1)S(=O)(=O)c1cc(C(=O)NC2CCC(C(C)C)CC2Cc2ccc(Cl)cc2)ccc1Cl. The Kier molecular flexibility index (Phi) is 11.0. The zero-order valence-electron chi connectivity index (χ0n) is 26.3. The molecule has 0 bridgehead atoms. The number of hydrogen-bond donors (Lipinski definition) is 1. The van der Waals surface area contributed by atoms with Gasteiger partial charge in [-0.1, -0.05) is 91.6 Å². The van der Waals surface area contributed by atoms with Crippen LogP contribution in [0.2, 0.25) is 10.0 Å². The van der Waals surface area contributed by atoms with Crippen molar-refractivity contribution in [2.75, 3.05) is 11.4 Å². The molecule has 3 unspecified atom stereocenters. The lowest BCUT2D eigenvalue weighted by molar-refractivity contribution is 0.0876. The summed E-state index contributed by atoms with van der Waals surface area (Å²) >= 11 is 12.7. The van der Waals surface area contributed by atoms with E-state index in [9.17, 15) is 13.2 Å². The van der Waals surface area contributed by atoms with Gasteiger partial charge in [0.15, 0.2) is 0 Å². The number of nitrogens with zero attached hydrogens (tertiary/aromatic N) is 1. The first-order valence-electron chi connectivity index (χ1n) is 15.6. The number of methoxy groups -OCH3 is 1.